The van der Waals surface area contributed by atoms with Crippen LogP contribution in [0.25, 0.3) is 81.8 Å². The van der Waals surface area contributed by atoms with Crippen LogP contribution >= 0.6 is 11.3 Å². The molecule has 9 aromatic rings. The second-order valence-corrected chi connectivity index (χ2v) is 11.8. The Labute approximate surface area is 256 Å². The molecule has 5 heterocycles. The van der Waals surface area contributed by atoms with Crippen molar-refractivity contribution in [1.29, 1.82) is 0 Å². The Morgan fingerprint density at radius 2 is 1.34 bits per heavy atom. The van der Waals surface area contributed by atoms with Crippen LogP contribution in [0.4, 0.5) is 0 Å². The van der Waals surface area contributed by atoms with Crippen LogP contribution in [0, 0.1) is 0 Å². The summed E-state index contributed by atoms with van der Waals surface area (Å²) in [4.78, 5) is 9.71. The van der Waals surface area contributed by atoms with Crippen molar-refractivity contribution in [3.8, 4) is 49.8 Å². The summed E-state index contributed by atoms with van der Waals surface area (Å²) in [6, 6.07) is 38.3. The fourth-order valence-electron chi connectivity index (χ4n) is 6.06. The summed E-state index contributed by atoms with van der Waals surface area (Å²) in [7, 11) is 0. The van der Waals surface area contributed by atoms with E-state index >= 15 is 0 Å². The fraction of sp³-hybridized carbons (Fsp3) is 0. The average molecular weight is 586 g/mol. The third-order valence-electron chi connectivity index (χ3n) is 8.15. The lowest BCUT2D eigenvalue weighted by molar-refractivity contribution is 0.568. The van der Waals surface area contributed by atoms with E-state index < -0.39 is 0 Å². The van der Waals surface area contributed by atoms with Crippen LogP contribution in [0.1, 0.15) is 0 Å². The highest BCUT2D eigenvalue weighted by atomic mass is 32.1. The lowest BCUT2D eigenvalue weighted by Gasteiger charge is -2.13. The van der Waals surface area contributed by atoms with Gasteiger partial charge in [-0.25, -0.2) is 4.98 Å². The van der Waals surface area contributed by atoms with E-state index in [4.69, 9.17) is 13.8 Å². The zero-order chi connectivity index (χ0) is 29.0. The van der Waals surface area contributed by atoms with Crippen molar-refractivity contribution in [1.82, 2.24) is 14.5 Å². The number of hydrogen-bond acceptors (Lipinski definition) is 5. The van der Waals surface area contributed by atoms with Gasteiger partial charge in [-0.2, -0.15) is 0 Å². The fourth-order valence-corrected chi connectivity index (χ4v) is 7.06. The molecule has 0 unspecified atom stereocenters. The van der Waals surface area contributed by atoms with Gasteiger partial charge in [-0.3, -0.25) is 4.98 Å². The molecule has 0 aliphatic carbocycles. The van der Waals surface area contributed by atoms with Crippen molar-refractivity contribution in [3.05, 3.63) is 140 Å². The quantitative estimate of drug-likeness (QED) is 0.202. The van der Waals surface area contributed by atoms with Gasteiger partial charge in [-0.1, -0.05) is 42.5 Å². The molecule has 9 rings (SSSR count). The lowest BCUT2D eigenvalue weighted by Crippen LogP contribution is -1.96. The number of para-hydroxylation sites is 1. The predicted octanol–water partition coefficient (Wildman–Crippen LogP) is 10.6. The molecule has 0 fully saturated rings. The van der Waals surface area contributed by atoms with E-state index in [-0.39, 0.29) is 0 Å². The van der Waals surface area contributed by atoms with Crippen molar-refractivity contribution in [2.75, 3.05) is 0 Å². The summed E-state index contributed by atoms with van der Waals surface area (Å²) in [5.41, 5.74) is 11.6. The first-order valence-corrected chi connectivity index (χ1v) is 15.2. The molecule has 0 atom stereocenters. The molecule has 5 aromatic heterocycles. The number of rotatable bonds is 5. The highest BCUT2D eigenvalue weighted by molar-refractivity contribution is 7.21. The first-order valence-electron chi connectivity index (χ1n) is 14.3. The van der Waals surface area contributed by atoms with Crippen LogP contribution in [0.5, 0.6) is 0 Å². The Bertz CT molecular complexity index is 2440. The van der Waals surface area contributed by atoms with Crippen molar-refractivity contribution >= 4 is 43.4 Å². The van der Waals surface area contributed by atoms with E-state index in [1.54, 1.807) is 36.4 Å². The van der Waals surface area contributed by atoms with Gasteiger partial charge in [-0.05, 0) is 77.9 Å². The van der Waals surface area contributed by atoms with Gasteiger partial charge >= 0.3 is 0 Å². The number of thiazole rings is 1. The predicted molar refractivity (Wildman–Crippen MR) is 178 cm³/mol. The van der Waals surface area contributed by atoms with Gasteiger partial charge in [0.1, 0.15) is 5.01 Å². The van der Waals surface area contributed by atoms with Crippen LogP contribution in [0.15, 0.2) is 149 Å². The molecular formula is C38H23N3O2S. The van der Waals surface area contributed by atoms with Crippen molar-refractivity contribution < 1.29 is 8.83 Å². The Hall–Kier alpha value is -5.72. The van der Waals surface area contributed by atoms with E-state index in [0.717, 1.165) is 71.0 Å². The van der Waals surface area contributed by atoms with Crippen LogP contribution < -0.4 is 0 Å². The molecule has 6 heteroatoms. The summed E-state index contributed by atoms with van der Waals surface area (Å²) < 4.78 is 14.3. The van der Waals surface area contributed by atoms with Gasteiger partial charge in [0.2, 0.25) is 0 Å². The molecule has 0 radical (unpaired) electrons. The molecule has 208 valence electrons. The second kappa shape index (κ2) is 9.93. The molecule has 44 heavy (non-hydrogen) atoms. The van der Waals surface area contributed by atoms with Gasteiger partial charge in [-0.15, -0.1) is 11.3 Å². The Morgan fingerprint density at radius 1 is 0.568 bits per heavy atom. The molecule has 4 aromatic carbocycles. The molecule has 0 amide bonds. The molecule has 0 bridgehead atoms. The minimum Gasteiger partial charge on any atom is -0.472 e. The molecule has 0 saturated heterocycles. The molecule has 0 aliphatic heterocycles. The minimum absolute atomic E-state index is 0.921. The normalized spacial score (nSPS) is 11.6. The summed E-state index contributed by atoms with van der Waals surface area (Å²) >= 11 is 1.71. The van der Waals surface area contributed by atoms with Crippen molar-refractivity contribution in [2.24, 2.45) is 0 Å². The van der Waals surface area contributed by atoms with Crippen molar-refractivity contribution in [3.63, 3.8) is 0 Å². The first-order chi connectivity index (χ1) is 21.8. The maximum Gasteiger partial charge on any atom is 0.124 e. The highest BCUT2D eigenvalue weighted by Gasteiger charge is 2.17. The zero-order valence-corrected chi connectivity index (χ0v) is 24.2. The first kappa shape index (κ1) is 24.8. The van der Waals surface area contributed by atoms with Gasteiger partial charge in [0, 0.05) is 44.9 Å². The third-order valence-corrected chi connectivity index (χ3v) is 9.22. The molecular weight excluding hydrogens is 563 g/mol. The largest absolute Gasteiger partial charge is 0.472 e. The van der Waals surface area contributed by atoms with Gasteiger partial charge < -0.3 is 13.4 Å². The smallest absolute Gasteiger partial charge is 0.124 e. The minimum atomic E-state index is 0.921. The monoisotopic (exact) mass is 585 g/mol. The molecule has 0 saturated carbocycles. The van der Waals surface area contributed by atoms with E-state index in [1.165, 1.54) is 10.8 Å². The number of furan rings is 2. The Kier molecular flexibility index (Phi) is 5.61. The van der Waals surface area contributed by atoms with Gasteiger partial charge in [0.05, 0.1) is 52.0 Å². The van der Waals surface area contributed by atoms with E-state index in [9.17, 15) is 0 Å². The van der Waals surface area contributed by atoms with E-state index in [2.05, 4.69) is 88.4 Å². The molecule has 0 aliphatic rings. The van der Waals surface area contributed by atoms with E-state index in [1.807, 2.05) is 36.5 Å². The van der Waals surface area contributed by atoms with Crippen LogP contribution in [0.3, 0.4) is 0 Å². The second-order valence-electron chi connectivity index (χ2n) is 10.8. The number of nitrogens with zero attached hydrogens (tertiary/aromatic N) is 3. The Balaban J connectivity index is 1.26. The SMILES string of the molecule is c1ccc(-c2cc(-c3ccoc3)cc(-n3c4ccccc4c4ccc(-c5nc6ccc(-c7ccoc7)cc6s5)cc43)c2)nc1. The Morgan fingerprint density at radius 3 is 2.16 bits per heavy atom. The number of hydrogen-bond donors (Lipinski definition) is 0. The van der Waals surface area contributed by atoms with Crippen molar-refractivity contribution in [2.45, 2.75) is 0 Å². The van der Waals surface area contributed by atoms with Crippen LogP contribution in [-0.4, -0.2) is 14.5 Å². The average Bonchev–Trinajstić information content (AvgIpc) is 3.90. The summed E-state index contributed by atoms with van der Waals surface area (Å²) in [5, 5.41) is 3.39. The zero-order valence-electron chi connectivity index (χ0n) is 23.3. The molecule has 0 spiro atoms. The topological polar surface area (TPSA) is 57.0 Å². The number of aromatic nitrogens is 3. The summed E-state index contributed by atoms with van der Waals surface area (Å²) in [6.45, 7) is 0. The van der Waals surface area contributed by atoms with Gasteiger partial charge in [0.15, 0.2) is 0 Å². The van der Waals surface area contributed by atoms with Gasteiger partial charge in [0.25, 0.3) is 0 Å². The summed E-state index contributed by atoms with van der Waals surface area (Å²) in [5.74, 6) is 0. The third kappa shape index (κ3) is 4.07. The van der Waals surface area contributed by atoms with Crippen LogP contribution in [-0.2, 0) is 0 Å². The number of fused-ring (bicyclic) bond motifs is 4. The molecule has 5 nitrogen and oxygen atoms in total. The molecule has 0 N–H and O–H groups in total. The number of pyridine rings is 1. The standard InChI is InChI=1S/C38H23N3O2S/c1-2-7-35-31(5-1)32-10-8-25(38-40-34-11-9-24(21-37(34)44-38)26-12-15-42-22-26)20-36(32)41(35)30-18-28(27-13-16-43-23-27)17-29(19-30)33-6-3-4-14-39-33/h1-23H. The summed E-state index contributed by atoms with van der Waals surface area (Å²) in [6.07, 6.45) is 8.82. The maximum atomic E-state index is 5.47. The van der Waals surface area contributed by atoms with Crippen LogP contribution in [0.2, 0.25) is 0 Å². The van der Waals surface area contributed by atoms with E-state index in [0.29, 0.717) is 0 Å². The highest BCUT2D eigenvalue weighted by Crippen LogP contribution is 2.39. The lowest BCUT2D eigenvalue weighted by atomic mass is 10.0. The number of benzene rings is 4. The maximum absolute atomic E-state index is 5.47.